The van der Waals surface area contributed by atoms with Gasteiger partial charge in [0.05, 0.1) is 6.04 Å². The van der Waals surface area contributed by atoms with Gasteiger partial charge in [-0.15, -0.1) is 0 Å². The maximum absolute atomic E-state index is 12.8. The Hall–Kier alpha value is -0.640. The fourth-order valence-corrected chi connectivity index (χ4v) is 1.10. The van der Waals surface area contributed by atoms with Crippen molar-refractivity contribution in [3.8, 4) is 0 Å². The molecule has 0 aromatic heterocycles. The minimum Gasteiger partial charge on any atom is -0.349 e. The maximum Gasteiger partial charge on any atom is 0.220 e. The van der Waals surface area contributed by atoms with E-state index in [2.05, 4.69) is 10.6 Å². The molecule has 0 radical (unpaired) electrons. The van der Waals surface area contributed by atoms with Gasteiger partial charge in [-0.25, -0.2) is 4.39 Å². The monoisotopic (exact) mass is 160 g/mol. The van der Waals surface area contributed by atoms with Crippen LogP contribution in [0.4, 0.5) is 4.39 Å². The van der Waals surface area contributed by atoms with Gasteiger partial charge in [0, 0.05) is 19.5 Å². The van der Waals surface area contributed by atoms with Crippen LogP contribution in [0.15, 0.2) is 0 Å². The van der Waals surface area contributed by atoms with Gasteiger partial charge in [0.25, 0.3) is 0 Å². The van der Waals surface area contributed by atoms with Crippen LogP contribution in [0.25, 0.3) is 0 Å². The SMILES string of the molecule is CCC(=O)NC1CNCC1F. The second-order valence-corrected chi connectivity index (χ2v) is 2.70. The van der Waals surface area contributed by atoms with Crippen LogP contribution in [0, 0.1) is 0 Å². The predicted molar refractivity (Wildman–Crippen MR) is 40.0 cm³/mol. The molecule has 1 heterocycles. The summed E-state index contributed by atoms with van der Waals surface area (Å²) in [5.41, 5.74) is 0. The van der Waals surface area contributed by atoms with Crippen molar-refractivity contribution in [1.29, 1.82) is 0 Å². The number of halogens is 1. The third kappa shape index (κ3) is 2.15. The number of hydrogen-bond donors (Lipinski definition) is 2. The summed E-state index contributed by atoms with van der Waals surface area (Å²) in [4.78, 5) is 10.8. The van der Waals surface area contributed by atoms with Crippen molar-refractivity contribution in [1.82, 2.24) is 10.6 Å². The van der Waals surface area contributed by atoms with Gasteiger partial charge in [0.1, 0.15) is 6.17 Å². The third-order valence-corrected chi connectivity index (χ3v) is 1.81. The number of nitrogens with one attached hydrogen (secondary N) is 2. The van der Waals surface area contributed by atoms with Gasteiger partial charge in [0.15, 0.2) is 0 Å². The summed E-state index contributed by atoms with van der Waals surface area (Å²) in [6.45, 7) is 2.66. The minimum atomic E-state index is -0.925. The van der Waals surface area contributed by atoms with Gasteiger partial charge in [-0.05, 0) is 0 Å². The second kappa shape index (κ2) is 3.67. The average Bonchev–Trinajstić information content (AvgIpc) is 2.37. The first-order chi connectivity index (χ1) is 5.24. The highest BCUT2D eigenvalue weighted by Crippen LogP contribution is 2.03. The predicted octanol–water partition coefficient (Wildman–Crippen LogP) is -0.177. The Labute approximate surface area is 65.3 Å². The first kappa shape index (κ1) is 8.46. The molecule has 1 rings (SSSR count). The van der Waals surface area contributed by atoms with E-state index in [4.69, 9.17) is 0 Å². The maximum atomic E-state index is 12.8. The van der Waals surface area contributed by atoms with Crippen molar-refractivity contribution in [2.45, 2.75) is 25.6 Å². The molecule has 2 N–H and O–H groups in total. The van der Waals surface area contributed by atoms with Crippen LogP contribution in [0.2, 0.25) is 0 Å². The van der Waals surface area contributed by atoms with Gasteiger partial charge in [-0.2, -0.15) is 0 Å². The summed E-state index contributed by atoms with van der Waals surface area (Å²) in [6.07, 6.45) is -0.506. The van der Waals surface area contributed by atoms with Gasteiger partial charge in [0.2, 0.25) is 5.91 Å². The molecular formula is C7H13FN2O. The molecule has 0 aromatic rings. The second-order valence-electron chi connectivity index (χ2n) is 2.70. The summed E-state index contributed by atoms with van der Waals surface area (Å²) in [5, 5.41) is 5.46. The highest BCUT2D eigenvalue weighted by atomic mass is 19.1. The van der Waals surface area contributed by atoms with E-state index in [1.807, 2.05) is 0 Å². The van der Waals surface area contributed by atoms with Crippen LogP contribution in [-0.2, 0) is 4.79 Å². The molecule has 1 fully saturated rings. The minimum absolute atomic E-state index is 0.0821. The number of hydrogen-bond acceptors (Lipinski definition) is 2. The van der Waals surface area contributed by atoms with Gasteiger partial charge < -0.3 is 10.6 Å². The van der Waals surface area contributed by atoms with Crippen molar-refractivity contribution in [2.75, 3.05) is 13.1 Å². The van der Waals surface area contributed by atoms with E-state index >= 15 is 0 Å². The lowest BCUT2D eigenvalue weighted by atomic mass is 10.2. The Morgan fingerprint density at radius 3 is 2.91 bits per heavy atom. The average molecular weight is 160 g/mol. The van der Waals surface area contributed by atoms with Gasteiger partial charge in [-0.3, -0.25) is 4.79 Å². The van der Waals surface area contributed by atoms with E-state index in [0.717, 1.165) is 0 Å². The zero-order valence-electron chi connectivity index (χ0n) is 6.56. The van der Waals surface area contributed by atoms with Gasteiger partial charge >= 0.3 is 0 Å². The molecule has 0 bridgehead atoms. The van der Waals surface area contributed by atoms with Crippen molar-refractivity contribution < 1.29 is 9.18 Å². The van der Waals surface area contributed by atoms with Crippen molar-refractivity contribution in [3.63, 3.8) is 0 Å². The van der Waals surface area contributed by atoms with E-state index in [-0.39, 0.29) is 11.9 Å². The fraction of sp³-hybridized carbons (Fsp3) is 0.857. The zero-order valence-corrected chi connectivity index (χ0v) is 6.56. The zero-order chi connectivity index (χ0) is 8.27. The van der Waals surface area contributed by atoms with Crippen molar-refractivity contribution in [3.05, 3.63) is 0 Å². The molecule has 2 atom stereocenters. The quantitative estimate of drug-likeness (QED) is 0.588. The van der Waals surface area contributed by atoms with E-state index < -0.39 is 6.17 Å². The number of carbonyl (C=O) groups is 1. The van der Waals surface area contributed by atoms with Crippen LogP contribution in [-0.4, -0.2) is 31.2 Å². The molecule has 1 aliphatic rings. The molecular weight excluding hydrogens is 147 g/mol. The Morgan fingerprint density at radius 2 is 2.45 bits per heavy atom. The number of amides is 1. The first-order valence-electron chi connectivity index (χ1n) is 3.88. The number of alkyl halides is 1. The Balaban J connectivity index is 2.30. The lowest BCUT2D eigenvalue weighted by Crippen LogP contribution is -2.40. The molecule has 1 amide bonds. The van der Waals surface area contributed by atoms with E-state index in [1.54, 1.807) is 6.92 Å². The molecule has 0 saturated carbocycles. The third-order valence-electron chi connectivity index (χ3n) is 1.81. The number of rotatable bonds is 2. The lowest BCUT2D eigenvalue weighted by Gasteiger charge is -2.12. The van der Waals surface area contributed by atoms with E-state index in [9.17, 15) is 9.18 Å². The molecule has 1 aliphatic heterocycles. The summed E-state index contributed by atoms with van der Waals surface area (Å²) in [6, 6.07) is -0.317. The standard InChI is InChI=1S/C7H13FN2O/c1-2-7(11)10-6-4-9-3-5(6)8/h5-6,9H,2-4H2,1H3,(H,10,11). The van der Waals surface area contributed by atoms with E-state index in [0.29, 0.717) is 19.5 Å². The molecule has 11 heavy (non-hydrogen) atoms. The van der Waals surface area contributed by atoms with Crippen LogP contribution >= 0.6 is 0 Å². The highest BCUT2D eigenvalue weighted by molar-refractivity contribution is 5.75. The largest absolute Gasteiger partial charge is 0.349 e. The molecule has 1 saturated heterocycles. The topological polar surface area (TPSA) is 41.1 Å². The van der Waals surface area contributed by atoms with Crippen LogP contribution < -0.4 is 10.6 Å². The molecule has 0 aromatic carbocycles. The summed E-state index contributed by atoms with van der Waals surface area (Å²) >= 11 is 0. The highest BCUT2D eigenvalue weighted by Gasteiger charge is 2.27. The number of carbonyl (C=O) groups excluding carboxylic acids is 1. The molecule has 2 unspecified atom stereocenters. The smallest absolute Gasteiger partial charge is 0.220 e. The van der Waals surface area contributed by atoms with Crippen LogP contribution in [0.3, 0.4) is 0 Å². The van der Waals surface area contributed by atoms with E-state index in [1.165, 1.54) is 0 Å². The Morgan fingerprint density at radius 1 is 1.73 bits per heavy atom. The first-order valence-corrected chi connectivity index (χ1v) is 3.88. The van der Waals surface area contributed by atoms with Crippen molar-refractivity contribution >= 4 is 5.91 Å². The molecule has 3 nitrogen and oxygen atoms in total. The fourth-order valence-electron chi connectivity index (χ4n) is 1.10. The summed E-state index contributed by atoms with van der Waals surface area (Å²) in [5.74, 6) is -0.0821. The van der Waals surface area contributed by atoms with Crippen molar-refractivity contribution in [2.24, 2.45) is 0 Å². The Bertz CT molecular complexity index is 151. The van der Waals surface area contributed by atoms with Gasteiger partial charge in [-0.1, -0.05) is 6.92 Å². The summed E-state index contributed by atoms with van der Waals surface area (Å²) in [7, 11) is 0. The van der Waals surface area contributed by atoms with Crippen LogP contribution in [0.1, 0.15) is 13.3 Å². The Kier molecular flexibility index (Phi) is 2.82. The molecule has 0 spiro atoms. The molecule has 64 valence electrons. The van der Waals surface area contributed by atoms with Crippen LogP contribution in [0.5, 0.6) is 0 Å². The summed E-state index contributed by atoms with van der Waals surface area (Å²) < 4.78 is 12.8. The molecule has 0 aliphatic carbocycles. The lowest BCUT2D eigenvalue weighted by molar-refractivity contribution is -0.121. The normalized spacial score (nSPS) is 30.4. The molecule has 4 heteroatoms.